The van der Waals surface area contributed by atoms with Crippen LogP contribution in [-0.2, 0) is 16.5 Å². The summed E-state index contributed by atoms with van der Waals surface area (Å²) in [6.45, 7) is 2.05. The summed E-state index contributed by atoms with van der Waals surface area (Å²) in [5.41, 5.74) is 2.55. The van der Waals surface area contributed by atoms with E-state index in [9.17, 15) is 8.42 Å². The van der Waals surface area contributed by atoms with Crippen LogP contribution in [0.15, 0.2) is 47.4 Å². The van der Waals surface area contributed by atoms with Crippen LogP contribution in [0.5, 0.6) is 0 Å². The third kappa shape index (κ3) is 2.15. The Morgan fingerprint density at radius 3 is 2.60 bits per heavy atom. The summed E-state index contributed by atoms with van der Waals surface area (Å²) in [5.74, 6) is 0. The summed E-state index contributed by atoms with van der Waals surface area (Å²) in [7, 11) is -4.20. The molecule has 0 aliphatic heterocycles. The Morgan fingerprint density at radius 2 is 1.90 bits per heavy atom. The van der Waals surface area contributed by atoms with Gasteiger partial charge in [0.05, 0.1) is 15.9 Å². The molecule has 0 atom stereocenters. The van der Waals surface area contributed by atoms with Crippen LogP contribution in [-0.4, -0.2) is 18.0 Å². The van der Waals surface area contributed by atoms with Crippen LogP contribution < -0.4 is 0 Å². The first-order chi connectivity index (χ1) is 9.49. The zero-order valence-corrected chi connectivity index (χ0v) is 11.7. The smallest absolute Gasteiger partial charge is 0.282 e. The number of aryl methyl sites for hydroxylation is 1. The molecule has 0 saturated carbocycles. The second kappa shape index (κ2) is 4.54. The standard InChI is InChI=1S/C15H13NO3S/c1-2-10-4-3-5-12-8-11-6-7-13(20(17,18)19)9-14(11)16-15(10)12/h3-9H,2H2,1H3,(H,17,18,19). The van der Waals surface area contributed by atoms with Crippen molar-refractivity contribution in [2.24, 2.45) is 0 Å². The number of para-hydroxylation sites is 1. The van der Waals surface area contributed by atoms with Gasteiger partial charge in [-0.05, 0) is 30.2 Å². The summed E-state index contributed by atoms with van der Waals surface area (Å²) in [6.07, 6.45) is 0.855. The molecule has 1 N–H and O–H groups in total. The summed E-state index contributed by atoms with van der Waals surface area (Å²) >= 11 is 0. The lowest BCUT2D eigenvalue weighted by Crippen LogP contribution is -1.98. The highest BCUT2D eigenvalue weighted by Crippen LogP contribution is 2.24. The average Bonchev–Trinajstić information content (AvgIpc) is 2.42. The van der Waals surface area contributed by atoms with Gasteiger partial charge in [0.15, 0.2) is 0 Å². The number of pyridine rings is 1. The van der Waals surface area contributed by atoms with Crippen LogP contribution in [0, 0.1) is 0 Å². The number of fused-ring (bicyclic) bond motifs is 2. The molecule has 5 heteroatoms. The predicted octanol–water partition coefficient (Wildman–Crippen LogP) is 3.20. The molecule has 0 saturated heterocycles. The minimum Gasteiger partial charge on any atom is -0.282 e. The molecule has 0 unspecified atom stereocenters. The molecule has 0 spiro atoms. The lowest BCUT2D eigenvalue weighted by atomic mass is 10.1. The van der Waals surface area contributed by atoms with Gasteiger partial charge < -0.3 is 0 Å². The van der Waals surface area contributed by atoms with E-state index in [1.165, 1.54) is 12.1 Å². The fourth-order valence-electron chi connectivity index (χ4n) is 2.34. The fraction of sp³-hybridized carbons (Fsp3) is 0.133. The van der Waals surface area contributed by atoms with E-state index in [1.807, 2.05) is 24.3 Å². The van der Waals surface area contributed by atoms with Gasteiger partial charge in [0.25, 0.3) is 10.1 Å². The SMILES string of the molecule is CCc1cccc2cc3ccc(S(=O)(=O)O)cc3nc12. The van der Waals surface area contributed by atoms with Gasteiger partial charge in [0.1, 0.15) is 0 Å². The molecule has 20 heavy (non-hydrogen) atoms. The predicted molar refractivity (Wildman–Crippen MR) is 78.4 cm³/mol. The quantitative estimate of drug-likeness (QED) is 0.580. The zero-order chi connectivity index (χ0) is 14.3. The van der Waals surface area contributed by atoms with E-state index in [1.54, 1.807) is 6.07 Å². The van der Waals surface area contributed by atoms with Gasteiger partial charge in [-0.25, -0.2) is 4.98 Å². The summed E-state index contributed by atoms with van der Waals surface area (Å²) in [4.78, 5) is 4.41. The highest BCUT2D eigenvalue weighted by Gasteiger charge is 2.11. The first-order valence-electron chi connectivity index (χ1n) is 6.29. The van der Waals surface area contributed by atoms with Crippen LogP contribution in [0.2, 0.25) is 0 Å². The molecule has 0 aliphatic rings. The summed E-state index contributed by atoms with van der Waals surface area (Å²) in [6, 6.07) is 12.4. The Labute approximate surface area is 116 Å². The number of aromatic nitrogens is 1. The second-order valence-corrected chi connectivity index (χ2v) is 6.08. The van der Waals surface area contributed by atoms with E-state index in [0.29, 0.717) is 5.52 Å². The maximum Gasteiger partial charge on any atom is 0.294 e. The van der Waals surface area contributed by atoms with Crippen molar-refractivity contribution in [3.63, 3.8) is 0 Å². The van der Waals surface area contributed by atoms with Crippen molar-refractivity contribution in [1.82, 2.24) is 4.98 Å². The molecule has 0 fully saturated rings. The lowest BCUT2D eigenvalue weighted by Gasteiger charge is -2.06. The van der Waals surface area contributed by atoms with E-state index in [2.05, 4.69) is 11.9 Å². The van der Waals surface area contributed by atoms with Crippen molar-refractivity contribution in [2.45, 2.75) is 18.2 Å². The largest absolute Gasteiger partial charge is 0.294 e. The van der Waals surface area contributed by atoms with Gasteiger partial charge in [-0.3, -0.25) is 4.55 Å². The van der Waals surface area contributed by atoms with E-state index in [-0.39, 0.29) is 4.90 Å². The minimum absolute atomic E-state index is 0.133. The van der Waals surface area contributed by atoms with Gasteiger partial charge in [-0.2, -0.15) is 8.42 Å². The number of hydrogen-bond acceptors (Lipinski definition) is 3. The monoisotopic (exact) mass is 287 g/mol. The highest BCUT2D eigenvalue weighted by molar-refractivity contribution is 7.85. The van der Waals surface area contributed by atoms with E-state index in [0.717, 1.165) is 28.3 Å². The number of nitrogens with zero attached hydrogens (tertiary/aromatic N) is 1. The van der Waals surface area contributed by atoms with E-state index in [4.69, 9.17) is 4.55 Å². The van der Waals surface area contributed by atoms with Crippen molar-refractivity contribution >= 4 is 31.9 Å². The normalized spacial score (nSPS) is 12.1. The van der Waals surface area contributed by atoms with Crippen molar-refractivity contribution < 1.29 is 13.0 Å². The van der Waals surface area contributed by atoms with Gasteiger partial charge >= 0.3 is 0 Å². The molecule has 0 aliphatic carbocycles. The molecule has 1 heterocycles. The Balaban J connectivity index is 2.38. The molecule has 3 aromatic rings. The van der Waals surface area contributed by atoms with Gasteiger partial charge in [-0.1, -0.05) is 31.2 Å². The first-order valence-corrected chi connectivity index (χ1v) is 7.73. The summed E-state index contributed by atoms with van der Waals surface area (Å²) < 4.78 is 31.5. The molecule has 0 amide bonds. The van der Waals surface area contributed by atoms with Crippen molar-refractivity contribution in [1.29, 1.82) is 0 Å². The van der Waals surface area contributed by atoms with Crippen molar-refractivity contribution in [3.8, 4) is 0 Å². The first kappa shape index (κ1) is 13.0. The third-order valence-electron chi connectivity index (χ3n) is 3.37. The Hall–Kier alpha value is -1.98. The summed E-state index contributed by atoms with van der Waals surface area (Å²) in [5, 5.41) is 1.87. The average molecular weight is 287 g/mol. The van der Waals surface area contributed by atoms with Crippen LogP contribution in [0.3, 0.4) is 0 Å². The molecular weight excluding hydrogens is 274 g/mol. The topological polar surface area (TPSA) is 67.3 Å². The number of benzene rings is 2. The van der Waals surface area contributed by atoms with Crippen LogP contribution in [0.4, 0.5) is 0 Å². The molecule has 4 nitrogen and oxygen atoms in total. The Bertz CT molecular complexity index is 917. The van der Waals surface area contributed by atoms with Crippen LogP contribution >= 0.6 is 0 Å². The van der Waals surface area contributed by atoms with E-state index >= 15 is 0 Å². The van der Waals surface area contributed by atoms with Gasteiger partial charge in [-0.15, -0.1) is 0 Å². The molecule has 0 radical (unpaired) electrons. The number of rotatable bonds is 2. The maximum atomic E-state index is 11.2. The molecule has 0 bridgehead atoms. The van der Waals surface area contributed by atoms with Crippen LogP contribution in [0.1, 0.15) is 12.5 Å². The highest BCUT2D eigenvalue weighted by atomic mass is 32.2. The van der Waals surface area contributed by atoms with Crippen LogP contribution in [0.25, 0.3) is 21.8 Å². The fourth-order valence-corrected chi connectivity index (χ4v) is 2.84. The maximum absolute atomic E-state index is 11.2. The zero-order valence-electron chi connectivity index (χ0n) is 10.9. The minimum atomic E-state index is -4.20. The van der Waals surface area contributed by atoms with Gasteiger partial charge in [0.2, 0.25) is 0 Å². The van der Waals surface area contributed by atoms with Crippen molar-refractivity contribution in [3.05, 3.63) is 48.0 Å². The Kier molecular flexibility index (Phi) is 2.96. The van der Waals surface area contributed by atoms with E-state index < -0.39 is 10.1 Å². The lowest BCUT2D eigenvalue weighted by molar-refractivity contribution is 0.483. The molecule has 2 aromatic carbocycles. The molecule has 3 rings (SSSR count). The molecule has 1 aromatic heterocycles. The molecular formula is C15H13NO3S. The van der Waals surface area contributed by atoms with Gasteiger partial charge in [0, 0.05) is 10.8 Å². The third-order valence-corrected chi connectivity index (χ3v) is 4.22. The Morgan fingerprint density at radius 1 is 1.10 bits per heavy atom. The number of hydrogen-bond donors (Lipinski definition) is 1. The molecule has 102 valence electrons. The van der Waals surface area contributed by atoms with Crippen molar-refractivity contribution in [2.75, 3.05) is 0 Å². The second-order valence-electron chi connectivity index (χ2n) is 4.66.